The number of thioether (sulfide) groups is 1. The summed E-state index contributed by atoms with van der Waals surface area (Å²) in [5.41, 5.74) is 4.07. The van der Waals surface area contributed by atoms with Crippen molar-refractivity contribution in [3.63, 3.8) is 0 Å². The van der Waals surface area contributed by atoms with Crippen molar-refractivity contribution in [2.45, 2.75) is 32.6 Å². The molecule has 1 rings (SSSR count). The summed E-state index contributed by atoms with van der Waals surface area (Å²) in [5.74, 6) is 1.14. The summed E-state index contributed by atoms with van der Waals surface area (Å²) < 4.78 is 0. The van der Waals surface area contributed by atoms with E-state index in [4.69, 9.17) is 0 Å². The molecule has 0 saturated heterocycles. The molecule has 0 amide bonds. The van der Waals surface area contributed by atoms with Crippen LogP contribution in [0.2, 0.25) is 0 Å². The van der Waals surface area contributed by atoms with Gasteiger partial charge in [0.1, 0.15) is 0 Å². The van der Waals surface area contributed by atoms with Gasteiger partial charge in [0.05, 0.1) is 0 Å². The van der Waals surface area contributed by atoms with Crippen LogP contribution in [0.3, 0.4) is 0 Å². The van der Waals surface area contributed by atoms with E-state index >= 15 is 0 Å². The van der Waals surface area contributed by atoms with Gasteiger partial charge in [-0.05, 0) is 49.3 Å². The van der Waals surface area contributed by atoms with Crippen molar-refractivity contribution in [3.8, 4) is 0 Å². The van der Waals surface area contributed by atoms with Crippen molar-refractivity contribution in [3.05, 3.63) is 35.4 Å². The maximum Gasteiger partial charge on any atom is 0.0107 e. The molecule has 1 aromatic carbocycles. The lowest BCUT2D eigenvalue weighted by Crippen LogP contribution is -1.85. The molecule has 0 aliphatic carbocycles. The fourth-order valence-electron chi connectivity index (χ4n) is 1.32. The number of rotatable bonds is 3. The zero-order valence-electron chi connectivity index (χ0n) is 9.42. The minimum absolute atomic E-state index is 1.14. The van der Waals surface area contributed by atoms with Crippen LogP contribution in [-0.2, 0) is 0 Å². The van der Waals surface area contributed by atoms with Crippen molar-refractivity contribution in [2.75, 3.05) is 5.75 Å². The van der Waals surface area contributed by atoms with Crippen molar-refractivity contribution >= 4 is 17.3 Å². The van der Waals surface area contributed by atoms with Gasteiger partial charge in [0.15, 0.2) is 0 Å². The molecule has 76 valence electrons. The molecule has 14 heavy (non-hydrogen) atoms. The molecular weight excluding hydrogens is 188 g/mol. The van der Waals surface area contributed by atoms with Crippen LogP contribution in [0, 0.1) is 6.92 Å². The summed E-state index contributed by atoms with van der Waals surface area (Å²) in [4.78, 5) is 1.41. The first-order valence-electron chi connectivity index (χ1n) is 5.05. The molecule has 0 atom stereocenters. The number of hydrogen-bond donors (Lipinski definition) is 0. The summed E-state index contributed by atoms with van der Waals surface area (Å²) in [6, 6.07) is 6.70. The highest BCUT2D eigenvalue weighted by Gasteiger charge is 2.00. The van der Waals surface area contributed by atoms with Gasteiger partial charge >= 0.3 is 0 Å². The van der Waals surface area contributed by atoms with E-state index in [1.54, 1.807) is 0 Å². The maximum atomic E-state index is 2.29. The molecule has 0 aliphatic rings. The molecule has 0 spiro atoms. The lowest BCUT2D eigenvalue weighted by atomic mass is 10.1. The topological polar surface area (TPSA) is 0 Å². The average molecular weight is 206 g/mol. The second-order valence-electron chi connectivity index (χ2n) is 3.38. The van der Waals surface area contributed by atoms with Gasteiger partial charge in [0.2, 0.25) is 0 Å². The summed E-state index contributed by atoms with van der Waals surface area (Å²) in [7, 11) is 0. The Labute approximate surface area is 91.4 Å². The molecule has 0 heterocycles. The smallest absolute Gasteiger partial charge is 0.0107 e. The molecule has 0 radical (unpaired) electrons. The van der Waals surface area contributed by atoms with E-state index in [2.05, 4.69) is 52.0 Å². The largest absolute Gasteiger partial charge is 0.126 e. The van der Waals surface area contributed by atoms with Crippen LogP contribution in [-0.4, -0.2) is 5.75 Å². The van der Waals surface area contributed by atoms with E-state index in [0.29, 0.717) is 0 Å². The fraction of sp³-hybridized carbons (Fsp3) is 0.385. The summed E-state index contributed by atoms with van der Waals surface area (Å²) in [6.45, 7) is 8.61. The predicted octanol–water partition coefficient (Wildman–Crippen LogP) is 4.53. The highest BCUT2D eigenvalue weighted by molar-refractivity contribution is 7.99. The van der Waals surface area contributed by atoms with Crippen molar-refractivity contribution < 1.29 is 0 Å². The lowest BCUT2D eigenvalue weighted by molar-refractivity contribution is 1.28. The van der Waals surface area contributed by atoms with Crippen LogP contribution < -0.4 is 0 Å². The SMILES string of the molecule is C/C=C(\C)c1ccc(C)c(SCC)c1. The molecule has 0 fully saturated rings. The molecule has 0 nitrogen and oxygen atoms in total. The van der Waals surface area contributed by atoms with Gasteiger partial charge in [0.25, 0.3) is 0 Å². The first kappa shape index (κ1) is 11.4. The average Bonchev–Trinajstić information content (AvgIpc) is 2.20. The molecular formula is C13H18S. The van der Waals surface area contributed by atoms with Gasteiger partial charge < -0.3 is 0 Å². The minimum atomic E-state index is 1.14. The van der Waals surface area contributed by atoms with Gasteiger partial charge in [-0.25, -0.2) is 0 Å². The second kappa shape index (κ2) is 5.26. The summed E-state index contributed by atoms with van der Waals surface area (Å²) in [6.07, 6.45) is 2.16. The predicted molar refractivity (Wildman–Crippen MR) is 66.9 cm³/mol. The van der Waals surface area contributed by atoms with Crippen molar-refractivity contribution in [2.24, 2.45) is 0 Å². The van der Waals surface area contributed by atoms with Gasteiger partial charge in [-0.3, -0.25) is 0 Å². The number of aryl methyl sites for hydroxylation is 1. The Kier molecular flexibility index (Phi) is 4.27. The number of hydrogen-bond acceptors (Lipinski definition) is 1. The number of allylic oxidation sites excluding steroid dienone is 2. The van der Waals surface area contributed by atoms with Gasteiger partial charge in [-0.2, -0.15) is 0 Å². The van der Waals surface area contributed by atoms with Crippen LogP contribution in [0.5, 0.6) is 0 Å². The molecule has 0 N–H and O–H groups in total. The maximum absolute atomic E-state index is 2.29. The van der Waals surface area contributed by atoms with Gasteiger partial charge in [0, 0.05) is 4.90 Å². The lowest BCUT2D eigenvalue weighted by Gasteiger charge is -2.07. The van der Waals surface area contributed by atoms with Gasteiger partial charge in [-0.1, -0.05) is 25.1 Å². The molecule has 0 saturated carbocycles. The number of benzene rings is 1. The Morgan fingerprint density at radius 1 is 1.43 bits per heavy atom. The molecule has 1 aromatic rings. The molecule has 0 aromatic heterocycles. The minimum Gasteiger partial charge on any atom is -0.126 e. The van der Waals surface area contributed by atoms with E-state index in [-0.39, 0.29) is 0 Å². The Balaban J connectivity index is 3.06. The van der Waals surface area contributed by atoms with E-state index in [1.165, 1.54) is 21.6 Å². The Hall–Kier alpha value is -0.690. The van der Waals surface area contributed by atoms with E-state index < -0.39 is 0 Å². The summed E-state index contributed by atoms with van der Waals surface area (Å²) in [5, 5.41) is 0. The van der Waals surface area contributed by atoms with E-state index in [9.17, 15) is 0 Å². The van der Waals surface area contributed by atoms with Crippen LogP contribution in [0.1, 0.15) is 31.9 Å². The van der Waals surface area contributed by atoms with Crippen LogP contribution in [0.4, 0.5) is 0 Å². The normalized spacial score (nSPS) is 11.9. The first-order chi connectivity index (χ1) is 6.69. The van der Waals surface area contributed by atoms with Crippen molar-refractivity contribution in [1.29, 1.82) is 0 Å². The van der Waals surface area contributed by atoms with Crippen LogP contribution in [0.15, 0.2) is 29.2 Å². The zero-order chi connectivity index (χ0) is 10.6. The second-order valence-corrected chi connectivity index (χ2v) is 4.69. The molecule has 0 unspecified atom stereocenters. The highest BCUT2D eigenvalue weighted by Crippen LogP contribution is 2.26. The van der Waals surface area contributed by atoms with Gasteiger partial charge in [-0.15, -0.1) is 11.8 Å². The summed E-state index contributed by atoms with van der Waals surface area (Å²) >= 11 is 1.92. The first-order valence-corrected chi connectivity index (χ1v) is 6.04. The Morgan fingerprint density at radius 2 is 2.14 bits per heavy atom. The third kappa shape index (κ3) is 2.65. The third-order valence-electron chi connectivity index (χ3n) is 2.38. The Bertz CT molecular complexity index is 337. The van der Waals surface area contributed by atoms with E-state index in [0.717, 1.165) is 5.75 Å². The fourth-order valence-corrected chi connectivity index (χ4v) is 2.14. The standard InChI is InChI=1S/C13H18S/c1-5-10(3)12-8-7-11(4)13(9-12)14-6-2/h5,7-9H,6H2,1-4H3/b10-5+. The molecule has 0 aliphatic heterocycles. The third-order valence-corrected chi connectivity index (χ3v) is 3.42. The molecule has 0 bridgehead atoms. The van der Waals surface area contributed by atoms with Crippen molar-refractivity contribution in [1.82, 2.24) is 0 Å². The Morgan fingerprint density at radius 3 is 2.71 bits per heavy atom. The molecule has 1 heteroatoms. The van der Waals surface area contributed by atoms with Crippen LogP contribution >= 0.6 is 11.8 Å². The zero-order valence-corrected chi connectivity index (χ0v) is 10.2. The highest BCUT2D eigenvalue weighted by atomic mass is 32.2. The monoisotopic (exact) mass is 206 g/mol. The quantitative estimate of drug-likeness (QED) is 0.655. The van der Waals surface area contributed by atoms with E-state index in [1.807, 2.05) is 11.8 Å². The van der Waals surface area contributed by atoms with Crippen LogP contribution in [0.25, 0.3) is 5.57 Å².